The van der Waals surface area contributed by atoms with E-state index in [4.69, 9.17) is 0 Å². The molecule has 0 aliphatic rings. The molecular weight excluding hydrogens is 304 g/mol. The van der Waals surface area contributed by atoms with Crippen LogP contribution in [0.3, 0.4) is 0 Å². The van der Waals surface area contributed by atoms with Crippen LogP contribution < -0.4 is 5.32 Å². The zero-order valence-corrected chi connectivity index (χ0v) is 15.5. The van der Waals surface area contributed by atoms with Crippen LogP contribution in [0.5, 0.6) is 0 Å². The number of nitrogens with zero attached hydrogens (tertiary/aromatic N) is 3. The van der Waals surface area contributed by atoms with Crippen molar-refractivity contribution < 1.29 is 9.59 Å². The van der Waals surface area contributed by atoms with Crippen LogP contribution in [0.2, 0.25) is 0 Å². The third-order valence-corrected chi connectivity index (χ3v) is 3.83. The number of rotatable bonds is 12. The summed E-state index contributed by atoms with van der Waals surface area (Å²) < 4.78 is 1.85. The minimum Gasteiger partial charge on any atom is -0.354 e. The number of hydrogen-bond acceptors (Lipinski definition) is 4. The Morgan fingerprint density at radius 3 is 2.50 bits per heavy atom. The summed E-state index contributed by atoms with van der Waals surface area (Å²) in [6.45, 7) is 8.64. The summed E-state index contributed by atoms with van der Waals surface area (Å²) in [7, 11) is 0. The topological polar surface area (TPSA) is 76.9 Å². The molecule has 0 atom stereocenters. The highest BCUT2D eigenvalue weighted by atomic mass is 16.1. The van der Waals surface area contributed by atoms with Gasteiger partial charge in [0.15, 0.2) is 0 Å². The fourth-order valence-electron chi connectivity index (χ4n) is 2.43. The van der Waals surface area contributed by atoms with Gasteiger partial charge in [0.2, 0.25) is 5.91 Å². The fraction of sp³-hybridized carbons (Fsp3) is 0.778. The summed E-state index contributed by atoms with van der Waals surface area (Å²) in [4.78, 5) is 23.1. The zero-order valence-electron chi connectivity index (χ0n) is 15.5. The summed E-state index contributed by atoms with van der Waals surface area (Å²) >= 11 is 0. The molecule has 6 heteroatoms. The van der Waals surface area contributed by atoms with Crippen LogP contribution in [-0.4, -0.2) is 32.7 Å². The highest BCUT2D eigenvalue weighted by Gasteiger charge is 2.08. The van der Waals surface area contributed by atoms with E-state index < -0.39 is 0 Å². The standard InChI is InChI=1S/C18H32N4O2/c1-14(2)17(23)10-8-9-16-13-22(21-20-16)12-7-5-6-11-18(24)19-15(3)4/h13-15H,5-12H2,1-4H3,(H,19,24). The Morgan fingerprint density at radius 1 is 1.08 bits per heavy atom. The van der Waals surface area contributed by atoms with E-state index in [2.05, 4.69) is 15.6 Å². The second-order valence-corrected chi connectivity index (χ2v) is 6.98. The maximum Gasteiger partial charge on any atom is 0.220 e. The first-order valence-electron chi connectivity index (χ1n) is 9.09. The molecule has 6 nitrogen and oxygen atoms in total. The molecule has 24 heavy (non-hydrogen) atoms. The summed E-state index contributed by atoms with van der Waals surface area (Å²) in [5.74, 6) is 0.552. The van der Waals surface area contributed by atoms with E-state index in [1.54, 1.807) is 0 Å². The molecule has 0 saturated heterocycles. The van der Waals surface area contributed by atoms with Crippen molar-refractivity contribution in [1.29, 1.82) is 0 Å². The summed E-state index contributed by atoms with van der Waals surface area (Å²) in [6.07, 6.45) is 7.69. The molecule has 1 rings (SSSR count). The number of nitrogens with one attached hydrogen (secondary N) is 1. The first-order chi connectivity index (χ1) is 11.4. The average Bonchev–Trinajstić information content (AvgIpc) is 2.93. The van der Waals surface area contributed by atoms with E-state index in [0.29, 0.717) is 18.6 Å². The first kappa shape index (κ1) is 20.3. The average molecular weight is 336 g/mol. The summed E-state index contributed by atoms with van der Waals surface area (Å²) in [5, 5.41) is 11.2. The number of Topliss-reactive ketones (excluding diaryl/α,β-unsaturated/α-hetero) is 1. The Bertz CT molecular complexity index is 509. The van der Waals surface area contributed by atoms with Crippen molar-refractivity contribution in [1.82, 2.24) is 20.3 Å². The Balaban J connectivity index is 2.14. The zero-order chi connectivity index (χ0) is 17.9. The van der Waals surface area contributed by atoms with Crippen LogP contribution in [0, 0.1) is 5.92 Å². The number of aryl methyl sites for hydroxylation is 2. The van der Waals surface area contributed by atoms with E-state index in [1.165, 1.54) is 0 Å². The van der Waals surface area contributed by atoms with Crippen LogP contribution in [0.15, 0.2) is 6.20 Å². The number of hydrogen-bond donors (Lipinski definition) is 1. The quantitative estimate of drug-likeness (QED) is 0.595. The van der Waals surface area contributed by atoms with E-state index in [9.17, 15) is 9.59 Å². The molecule has 0 fully saturated rings. The van der Waals surface area contributed by atoms with Crippen molar-refractivity contribution in [2.75, 3.05) is 0 Å². The second-order valence-electron chi connectivity index (χ2n) is 6.98. The lowest BCUT2D eigenvalue weighted by molar-refractivity contribution is -0.122. The molecule has 1 aromatic heterocycles. The molecule has 0 spiro atoms. The van der Waals surface area contributed by atoms with Gasteiger partial charge in [0, 0.05) is 37.5 Å². The maximum atomic E-state index is 11.6. The van der Waals surface area contributed by atoms with Crippen molar-refractivity contribution in [2.45, 2.75) is 85.2 Å². The van der Waals surface area contributed by atoms with Crippen molar-refractivity contribution in [3.63, 3.8) is 0 Å². The molecule has 1 N–H and O–H groups in total. The number of ketones is 1. The number of amides is 1. The third kappa shape index (κ3) is 8.79. The first-order valence-corrected chi connectivity index (χ1v) is 9.09. The van der Waals surface area contributed by atoms with Gasteiger partial charge in [-0.15, -0.1) is 5.10 Å². The predicted molar refractivity (Wildman–Crippen MR) is 94.6 cm³/mol. The van der Waals surface area contributed by atoms with Crippen LogP contribution in [-0.2, 0) is 22.6 Å². The number of unbranched alkanes of at least 4 members (excludes halogenated alkanes) is 2. The molecule has 1 aromatic rings. The second kappa shape index (κ2) is 10.9. The van der Waals surface area contributed by atoms with Gasteiger partial charge in [-0.3, -0.25) is 14.3 Å². The minimum atomic E-state index is 0.114. The molecular formula is C18H32N4O2. The molecule has 0 radical (unpaired) electrons. The smallest absolute Gasteiger partial charge is 0.220 e. The Hall–Kier alpha value is -1.72. The van der Waals surface area contributed by atoms with Gasteiger partial charge in [-0.05, 0) is 39.5 Å². The third-order valence-electron chi connectivity index (χ3n) is 3.83. The number of aromatic nitrogens is 3. The van der Waals surface area contributed by atoms with E-state index in [0.717, 1.165) is 44.3 Å². The van der Waals surface area contributed by atoms with Crippen LogP contribution >= 0.6 is 0 Å². The van der Waals surface area contributed by atoms with Crippen LogP contribution in [0.1, 0.15) is 71.9 Å². The SMILES string of the molecule is CC(C)NC(=O)CCCCCn1cc(CCCC(=O)C(C)C)nn1. The molecule has 1 heterocycles. The lowest BCUT2D eigenvalue weighted by atomic mass is 10.0. The molecule has 0 aliphatic carbocycles. The lowest BCUT2D eigenvalue weighted by Crippen LogP contribution is -2.29. The molecule has 0 aliphatic heterocycles. The Labute approximate surface area is 145 Å². The van der Waals surface area contributed by atoms with E-state index in [1.807, 2.05) is 38.6 Å². The van der Waals surface area contributed by atoms with Crippen molar-refractivity contribution in [3.05, 3.63) is 11.9 Å². The van der Waals surface area contributed by atoms with E-state index in [-0.39, 0.29) is 17.9 Å². The minimum absolute atomic E-state index is 0.114. The Morgan fingerprint density at radius 2 is 1.83 bits per heavy atom. The molecule has 0 bridgehead atoms. The van der Waals surface area contributed by atoms with E-state index >= 15 is 0 Å². The largest absolute Gasteiger partial charge is 0.354 e. The monoisotopic (exact) mass is 336 g/mol. The fourth-order valence-corrected chi connectivity index (χ4v) is 2.43. The van der Waals surface area contributed by atoms with Gasteiger partial charge in [0.25, 0.3) is 0 Å². The molecule has 0 saturated carbocycles. The summed E-state index contributed by atoms with van der Waals surface area (Å²) in [6, 6.07) is 0.210. The highest BCUT2D eigenvalue weighted by molar-refractivity contribution is 5.80. The van der Waals surface area contributed by atoms with Gasteiger partial charge in [0.05, 0.1) is 5.69 Å². The van der Waals surface area contributed by atoms with Gasteiger partial charge in [0.1, 0.15) is 5.78 Å². The summed E-state index contributed by atoms with van der Waals surface area (Å²) in [5.41, 5.74) is 0.947. The molecule has 0 unspecified atom stereocenters. The predicted octanol–water partition coefficient (Wildman–Crippen LogP) is 2.91. The number of carbonyl (C=O) groups excluding carboxylic acids is 2. The van der Waals surface area contributed by atoms with Crippen LogP contribution in [0.25, 0.3) is 0 Å². The normalized spacial score (nSPS) is 11.2. The van der Waals surface area contributed by atoms with Gasteiger partial charge in [-0.25, -0.2) is 0 Å². The van der Waals surface area contributed by atoms with Crippen molar-refractivity contribution >= 4 is 11.7 Å². The molecule has 136 valence electrons. The van der Waals surface area contributed by atoms with Crippen LogP contribution in [0.4, 0.5) is 0 Å². The number of carbonyl (C=O) groups is 2. The maximum absolute atomic E-state index is 11.6. The van der Waals surface area contributed by atoms with Gasteiger partial charge in [-0.2, -0.15) is 0 Å². The van der Waals surface area contributed by atoms with Gasteiger partial charge >= 0.3 is 0 Å². The van der Waals surface area contributed by atoms with Gasteiger partial charge in [-0.1, -0.05) is 25.5 Å². The Kier molecular flexibility index (Phi) is 9.27. The van der Waals surface area contributed by atoms with Crippen molar-refractivity contribution in [2.24, 2.45) is 5.92 Å². The van der Waals surface area contributed by atoms with Gasteiger partial charge < -0.3 is 5.32 Å². The molecule has 1 amide bonds. The highest BCUT2D eigenvalue weighted by Crippen LogP contribution is 2.07. The van der Waals surface area contributed by atoms with Crippen molar-refractivity contribution in [3.8, 4) is 0 Å². The molecule has 0 aromatic carbocycles. The lowest BCUT2D eigenvalue weighted by Gasteiger charge is -2.07.